The van der Waals surface area contributed by atoms with Crippen molar-refractivity contribution in [3.8, 4) is 11.5 Å². The van der Waals surface area contributed by atoms with Gasteiger partial charge in [-0.2, -0.15) is 0 Å². The van der Waals surface area contributed by atoms with Gasteiger partial charge in [-0.1, -0.05) is 23.8 Å². The van der Waals surface area contributed by atoms with Gasteiger partial charge in [-0.3, -0.25) is 9.59 Å². The number of nitrogens with zero attached hydrogens (tertiary/aromatic N) is 1. The van der Waals surface area contributed by atoms with E-state index in [0.29, 0.717) is 28.4 Å². The zero-order valence-corrected chi connectivity index (χ0v) is 17.4. The summed E-state index contributed by atoms with van der Waals surface area (Å²) < 4.78 is 24.2. The van der Waals surface area contributed by atoms with E-state index in [1.807, 2.05) is 32.0 Å². The fourth-order valence-electron chi connectivity index (χ4n) is 3.93. The first-order valence-corrected chi connectivity index (χ1v) is 10.1. The molecule has 0 aromatic heterocycles. The van der Waals surface area contributed by atoms with Gasteiger partial charge in [0.2, 0.25) is 6.79 Å². The van der Waals surface area contributed by atoms with Gasteiger partial charge in [-0.15, -0.1) is 0 Å². The summed E-state index contributed by atoms with van der Waals surface area (Å²) in [5.74, 6) is -0.281. The smallest absolute Gasteiger partial charge is 0.282 e. The minimum Gasteiger partial charge on any atom is -0.454 e. The molecule has 1 N–H and O–H groups in total. The minimum atomic E-state index is -0.519. The van der Waals surface area contributed by atoms with Crippen LogP contribution in [0.1, 0.15) is 16.7 Å². The zero-order chi connectivity index (χ0) is 22.4. The molecule has 0 aliphatic carbocycles. The van der Waals surface area contributed by atoms with Crippen LogP contribution in [-0.2, 0) is 9.59 Å². The Morgan fingerprint density at radius 3 is 2.38 bits per heavy atom. The van der Waals surface area contributed by atoms with Gasteiger partial charge in [0.1, 0.15) is 11.5 Å². The van der Waals surface area contributed by atoms with Gasteiger partial charge >= 0.3 is 0 Å². The van der Waals surface area contributed by atoms with Crippen LogP contribution in [0.15, 0.2) is 66.4 Å². The number of imide groups is 1. The molecule has 0 spiro atoms. The standard InChI is InChI=1S/C25H19FN2O4/c1-14-3-9-19(15(2)11-14)22-23(27-17-6-10-20-21(12-17)32-13-31-20)25(30)28(24(22)29)18-7-4-16(26)5-8-18/h3-12,27H,13H2,1-2H3. The van der Waals surface area contributed by atoms with Crippen LogP contribution in [0.3, 0.4) is 0 Å². The maximum Gasteiger partial charge on any atom is 0.282 e. The minimum absolute atomic E-state index is 0.130. The van der Waals surface area contributed by atoms with Gasteiger partial charge in [0.15, 0.2) is 11.5 Å². The van der Waals surface area contributed by atoms with E-state index in [-0.39, 0.29) is 18.1 Å². The normalized spacial score (nSPS) is 15.0. The van der Waals surface area contributed by atoms with Crippen molar-refractivity contribution in [2.45, 2.75) is 13.8 Å². The SMILES string of the molecule is Cc1ccc(C2=C(Nc3ccc4c(c3)OCO4)C(=O)N(c3ccc(F)cc3)C2=O)c(C)c1. The number of rotatable bonds is 4. The Labute approximate surface area is 183 Å². The van der Waals surface area contributed by atoms with Crippen LogP contribution in [0.4, 0.5) is 15.8 Å². The Kier molecular flexibility index (Phi) is 4.66. The van der Waals surface area contributed by atoms with Gasteiger partial charge in [-0.05, 0) is 61.4 Å². The second-order valence-corrected chi connectivity index (χ2v) is 7.68. The molecule has 3 aromatic carbocycles. The summed E-state index contributed by atoms with van der Waals surface area (Å²) in [5.41, 5.74) is 3.84. The Balaban J connectivity index is 1.62. The Morgan fingerprint density at radius 2 is 1.62 bits per heavy atom. The number of aryl methyl sites for hydroxylation is 2. The van der Waals surface area contributed by atoms with E-state index in [9.17, 15) is 14.0 Å². The number of nitrogens with one attached hydrogen (secondary N) is 1. The molecule has 2 aliphatic heterocycles. The maximum atomic E-state index is 13.5. The third-order valence-corrected chi connectivity index (χ3v) is 5.46. The van der Waals surface area contributed by atoms with Crippen LogP contribution >= 0.6 is 0 Å². The quantitative estimate of drug-likeness (QED) is 0.615. The number of anilines is 2. The molecular weight excluding hydrogens is 411 g/mol. The monoisotopic (exact) mass is 430 g/mol. The molecule has 2 amide bonds. The highest BCUT2D eigenvalue weighted by Crippen LogP contribution is 2.38. The summed E-state index contributed by atoms with van der Waals surface area (Å²) in [6.07, 6.45) is 0. The lowest BCUT2D eigenvalue weighted by Crippen LogP contribution is -2.32. The number of amides is 2. The molecule has 5 rings (SSSR count). The Morgan fingerprint density at radius 1 is 0.875 bits per heavy atom. The van der Waals surface area contributed by atoms with Crippen molar-refractivity contribution in [1.82, 2.24) is 0 Å². The molecule has 0 atom stereocenters. The maximum absolute atomic E-state index is 13.5. The first-order chi connectivity index (χ1) is 15.4. The van der Waals surface area contributed by atoms with Crippen molar-refractivity contribution in [1.29, 1.82) is 0 Å². The molecule has 6 nitrogen and oxygen atoms in total. The van der Waals surface area contributed by atoms with E-state index in [1.54, 1.807) is 18.2 Å². The number of benzene rings is 3. The van der Waals surface area contributed by atoms with E-state index >= 15 is 0 Å². The van der Waals surface area contributed by atoms with Crippen LogP contribution in [0.5, 0.6) is 11.5 Å². The van der Waals surface area contributed by atoms with Gasteiger partial charge < -0.3 is 14.8 Å². The highest BCUT2D eigenvalue weighted by atomic mass is 19.1. The molecule has 0 unspecified atom stereocenters. The number of ether oxygens (including phenoxy) is 2. The van der Waals surface area contributed by atoms with Gasteiger partial charge in [0.25, 0.3) is 11.8 Å². The van der Waals surface area contributed by atoms with E-state index in [0.717, 1.165) is 16.0 Å². The highest BCUT2D eigenvalue weighted by Gasteiger charge is 2.40. The molecule has 7 heteroatoms. The average Bonchev–Trinajstić information content (AvgIpc) is 3.32. The van der Waals surface area contributed by atoms with Gasteiger partial charge in [-0.25, -0.2) is 9.29 Å². The number of halogens is 1. The third-order valence-electron chi connectivity index (χ3n) is 5.46. The summed E-state index contributed by atoms with van der Waals surface area (Å²) in [7, 11) is 0. The number of fused-ring (bicyclic) bond motifs is 1. The number of hydrogen-bond donors (Lipinski definition) is 1. The molecule has 3 aromatic rings. The first-order valence-electron chi connectivity index (χ1n) is 10.1. The number of carbonyl (C=O) groups excluding carboxylic acids is 2. The summed E-state index contributed by atoms with van der Waals surface area (Å²) in [6, 6.07) is 16.1. The molecule has 0 fully saturated rings. The highest BCUT2D eigenvalue weighted by molar-refractivity contribution is 6.46. The van der Waals surface area contributed by atoms with Crippen LogP contribution in [-0.4, -0.2) is 18.6 Å². The molecule has 2 aliphatic rings. The van der Waals surface area contributed by atoms with Crippen LogP contribution in [0.2, 0.25) is 0 Å². The Bertz CT molecular complexity index is 1300. The summed E-state index contributed by atoms with van der Waals surface area (Å²) in [5, 5.41) is 3.11. The fourth-order valence-corrected chi connectivity index (χ4v) is 3.93. The lowest BCUT2D eigenvalue weighted by molar-refractivity contribution is -0.120. The molecular formula is C25H19FN2O4. The predicted molar refractivity (Wildman–Crippen MR) is 118 cm³/mol. The lowest BCUT2D eigenvalue weighted by atomic mass is 9.97. The molecule has 32 heavy (non-hydrogen) atoms. The van der Waals surface area contributed by atoms with E-state index in [2.05, 4.69) is 5.32 Å². The second-order valence-electron chi connectivity index (χ2n) is 7.68. The zero-order valence-electron chi connectivity index (χ0n) is 17.4. The number of carbonyl (C=O) groups is 2. The van der Waals surface area contributed by atoms with E-state index < -0.39 is 17.6 Å². The second kappa shape index (κ2) is 7.53. The van der Waals surface area contributed by atoms with Crippen LogP contribution < -0.4 is 19.7 Å². The summed E-state index contributed by atoms with van der Waals surface area (Å²) >= 11 is 0. The molecule has 0 saturated heterocycles. The van der Waals surface area contributed by atoms with Crippen molar-refractivity contribution >= 4 is 28.8 Å². The van der Waals surface area contributed by atoms with Crippen LogP contribution in [0.25, 0.3) is 5.57 Å². The topological polar surface area (TPSA) is 67.9 Å². The van der Waals surface area contributed by atoms with Crippen molar-refractivity contribution < 1.29 is 23.5 Å². The third kappa shape index (κ3) is 3.28. The Hall–Kier alpha value is -4.13. The van der Waals surface area contributed by atoms with Gasteiger partial charge in [0.05, 0.1) is 11.3 Å². The van der Waals surface area contributed by atoms with Crippen molar-refractivity contribution in [3.05, 3.63) is 88.9 Å². The van der Waals surface area contributed by atoms with Crippen molar-refractivity contribution in [3.63, 3.8) is 0 Å². The predicted octanol–water partition coefficient (Wildman–Crippen LogP) is 4.57. The lowest BCUT2D eigenvalue weighted by Gasteiger charge is -2.15. The van der Waals surface area contributed by atoms with Crippen molar-refractivity contribution in [2.75, 3.05) is 17.0 Å². The molecule has 2 heterocycles. The number of hydrogen-bond acceptors (Lipinski definition) is 5. The molecule has 0 radical (unpaired) electrons. The van der Waals surface area contributed by atoms with Crippen molar-refractivity contribution in [2.24, 2.45) is 0 Å². The molecule has 160 valence electrons. The van der Waals surface area contributed by atoms with E-state index in [1.165, 1.54) is 24.3 Å². The van der Waals surface area contributed by atoms with E-state index in [4.69, 9.17) is 9.47 Å². The van der Waals surface area contributed by atoms with Gasteiger partial charge in [0, 0.05) is 11.8 Å². The van der Waals surface area contributed by atoms with Crippen LogP contribution in [0, 0.1) is 19.7 Å². The summed E-state index contributed by atoms with van der Waals surface area (Å²) in [6.45, 7) is 3.99. The largest absolute Gasteiger partial charge is 0.454 e. The molecule has 0 bridgehead atoms. The first kappa shape index (κ1) is 19.8. The summed E-state index contributed by atoms with van der Waals surface area (Å²) in [4.78, 5) is 28.0. The molecule has 0 saturated carbocycles. The fraction of sp³-hybridized carbons (Fsp3) is 0.120. The average molecular weight is 430 g/mol.